The number of likely N-dealkylation sites (tertiary alicyclic amines) is 1. The molecular weight excluding hydrogens is 350 g/mol. The molecule has 2 amide bonds. The minimum atomic E-state index is 0.0319. The second-order valence-electron chi connectivity index (χ2n) is 8.66. The van der Waals surface area contributed by atoms with E-state index < -0.39 is 0 Å². The van der Waals surface area contributed by atoms with Crippen molar-refractivity contribution in [2.24, 2.45) is 11.8 Å². The van der Waals surface area contributed by atoms with E-state index in [0.29, 0.717) is 5.91 Å². The van der Waals surface area contributed by atoms with Gasteiger partial charge in [-0.05, 0) is 82.1 Å². The van der Waals surface area contributed by atoms with Crippen LogP contribution in [0, 0.1) is 11.8 Å². The molecule has 0 spiro atoms. The van der Waals surface area contributed by atoms with Gasteiger partial charge in [0.15, 0.2) is 0 Å². The predicted octanol–water partition coefficient (Wildman–Crippen LogP) is 4.04. The molecule has 1 N–H and O–H groups in total. The first-order valence-corrected chi connectivity index (χ1v) is 11.2. The minimum absolute atomic E-state index is 0.0319. The Morgan fingerprint density at radius 1 is 0.750 bits per heavy atom. The summed E-state index contributed by atoms with van der Waals surface area (Å²) < 4.78 is 0. The highest BCUT2D eigenvalue weighted by Gasteiger charge is 2.32. The Kier molecular flexibility index (Phi) is 6.18. The second-order valence-corrected chi connectivity index (χ2v) is 8.66. The molecule has 2 aliphatic heterocycles. The Bertz CT molecular complexity index is 668. The van der Waals surface area contributed by atoms with Crippen molar-refractivity contribution in [1.82, 2.24) is 4.90 Å². The van der Waals surface area contributed by atoms with E-state index in [0.717, 1.165) is 70.4 Å². The number of nitrogens with one attached hydrogen (secondary N) is 1. The van der Waals surface area contributed by atoms with Crippen LogP contribution in [0.25, 0.3) is 0 Å². The molecule has 0 bridgehead atoms. The van der Waals surface area contributed by atoms with Gasteiger partial charge in [0.25, 0.3) is 0 Å². The molecule has 0 aromatic heterocycles. The van der Waals surface area contributed by atoms with Crippen LogP contribution in [0.1, 0.15) is 57.8 Å². The highest BCUT2D eigenvalue weighted by Crippen LogP contribution is 2.32. The van der Waals surface area contributed by atoms with Gasteiger partial charge in [0.1, 0.15) is 0 Å². The van der Waals surface area contributed by atoms with Gasteiger partial charge in [0.2, 0.25) is 11.8 Å². The molecule has 1 aromatic rings. The smallest absolute Gasteiger partial charge is 0.227 e. The molecule has 5 heteroatoms. The average molecular weight is 384 g/mol. The fourth-order valence-corrected chi connectivity index (χ4v) is 4.95. The van der Waals surface area contributed by atoms with Crippen molar-refractivity contribution in [3.63, 3.8) is 0 Å². The van der Waals surface area contributed by atoms with Crippen molar-refractivity contribution in [1.29, 1.82) is 0 Å². The number of rotatable bonds is 4. The zero-order valence-electron chi connectivity index (χ0n) is 16.9. The number of anilines is 2. The molecule has 0 unspecified atom stereocenters. The largest absolute Gasteiger partial charge is 0.372 e. The Balaban J connectivity index is 1.25. The van der Waals surface area contributed by atoms with Gasteiger partial charge in [-0.25, -0.2) is 0 Å². The van der Waals surface area contributed by atoms with Crippen LogP contribution in [0.5, 0.6) is 0 Å². The number of carbonyl (C=O) groups is 2. The van der Waals surface area contributed by atoms with Gasteiger partial charge in [-0.15, -0.1) is 0 Å². The first-order chi connectivity index (χ1) is 13.7. The lowest BCUT2D eigenvalue weighted by Crippen LogP contribution is -2.37. The molecule has 28 heavy (non-hydrogen) atoms. The zero-order chi connectivity index (χ0) is 19.3. The summed E-state index contributed by atoms with van der Waals surface area (Å²) in [5.41, 5.74) is 2.12. The summed E-state index contributed by atoms with van der Waals surface area (Å²) in [4.78, 5) is 29.7. The average Bonchev–Trinajstić information content (AvgIpc) is 3.29. The van der Waals surface area contributed by atoms with Crippen LogP contribution in [-0.2, 0) is 9.59 Å². The van der Waals surface area contributed by atoms with Crippen molar-refractivity contribution >= 4 is 23.2 Å². The minimum Gasteiger partial charge on any atom is -0.372 e. The topological polar surface area (TPSA) is 52.7 Å². The van der Waals surface area contributed by atoms with Gasteiger partial charge < -0.3 is 15.1 Å². The molecule has 2 saturated heterocycles. The summed E-state index contributed by atoms with van der Waals surface area (Å²) >= 11 is 0. The Labute approximate surface area is 168 Å². The van der Waals surface area contributed by atoms with Crippen LogP contribution in [0.3, 0.4) is 0 Å². The van der Waals surface area contributed by atoms with Gasteiger partial charge in [-0.3, -0.25) is 9.59 Å². The molecular formula is C23H33N3O2. The molecule has 3 aliphatic rings. The maximum atomic E-state index is 12.7. The first kappa shape index (κ1) is 19.3. The van der Waals surface area contributed by atoms with Gasteiger partial charge >= 0.3 is 0 Å². The van der Waals surface area contributed by atoms with E-state index in [1.807, 2.05) is 17.0 Å². The molecule has 3 fully saturated rings. The van der Waals surface area contributed by atoms with E-state index in [1.165, 1.54) is 24.9 Å². The lowest BCUT2D eigenvalue weighted by Gasteiger charge is -2.30. The normalized spacial score (nSPS) is 25.6. The van der Waals surface area contributed by atoms with Crippen molar-refractivity contribution in [3.05, 3.63) is 24.3 Å². The third-order valence-corrected chi connectivity index (χ3v) is 6.72. The predicted molar refractivity (Wildman–Crippen MR) is 112 cm³/mol. The van der Waals surface area contributed by atoms with Crippen LogP contribution in [-0.4, -0.2) is 42.9 Å². The lowest BCUT2D eigenvalue weighted by molar-refractivity contribution is -0.136. The molecule has 1 aliphatic carbocycles. The van der Waals surface area contributed by atoms with Crippen LogP contribution in [0.15, 0.2) is 24.3 Å². The Hall–Kier alpha value is -2.04. The number of hydrogen-bond donors (Lipinski definition) is 1. The number of hydrogen-bond acceptors (Lipinski definition) is 3. The van der Waals surface area contributed by atoms with E-state index in [4.69, 9.17) is 0 Å². The quantitative estimate of drug-likeness (QED) is 0.854. The summed E-state index contributed by atoms with van der Waals surface area (Å²) in [5.74, 6) is 0.595. The molecule has 1 aromatic carbocycles. The summed E-state index contributed by atoms with van der Waals surface area (Å²) in [6.07, 6.45) is 9.48. The number of carbonyl (C=O) groups excluding carboxylic acids is 2. The molecule has 4 rings (SSSR count). The van der Waals surface area contributed by atoms with Crippen LogP contribution in [0.4, 0.5) is 11.4 Å². The van der Waals surface area contributed by atoms with Gasteiger partial charge in [0.05, 0.1) is 0 Å². The van der Waals surface area contributed by atoms with Gasteiger partial charge in [0, 0.05) is 49.4 Å². The standard InChI is InChI=1S/C23H33N3O2/c27-22(18-6-8-19(9-7-18)23(28)26-16-4-5-17-26)24-20-10-12-21(13-11-20)25-14-2-1-3-15-25/h10-13,18-19H,1-9,14-17H2,(H,24,27). The van der Waals surface area contributed by atoms with E-state index in [2.05, 4.69) is 22.3 Å². The number of amides is 2. The summed E-state index contributed by atoms with van der Waals surface area (Å²) in [6, 6.07) is 8.27. The summed E-state index contributed by atoms with van der Waals surface area (Å²) in [5, 5.41) is 3.09. The molecule has 0 atom stereocenters. The van der Waals surface area contributed by atoms with Crippen LogP contribution >= 0.6 is 0 Å². The maximum Gasteiger partial charge on any atom is 0.227 e. The lowest BCUT2D eigenvalue weighted by atomic mass is 9.81. The maximum absolute atomic E-state index is 12.7. The highest BCUT2D eigenvalue weighted by atomic mass is 16.2. The van der Waals surface area contributed by atoms with Crippen molar-refractivity contribution in [2.45, 2.75) is 57.8 Å². The van der Waals surface area contributed by atoms with Crippen molar-refractivity contribution < 1.29 is 9.59 Å². The van der Waals surface area contributed by atoms with E-state index in [9.17, 15) is 9.59 Å². The van der Waals surface area contributed by atoms with Crippen molar-refractivity contribution in [2.75, 3.05) is 36.4 Å². The van der Waals surface area contributed by atoms with E-state index in [-0.39, 0.29) is 17.7 Å². The van der Waals surface area contributed by atoms with Crippen LogP contribution < -0.4 is 10.2 Å². The Morgan fingerprint density at radius 2 is 1.32 bits per heavy atom. The second kappa shape index (κ2) is 8.97. The van der Waals surface area contributed by atoms with Gasteiger partial charge in [-0.1, -0.05) is 0 Å². The zero-order valence-corrected chi connectivity index (χ0v) is 16.9. The molecule has 0 radical (unpaired) electrons. The third-order valence-electron chi connectivity index (χ3n) is 6.72. The molecule has 1 saturated carbocycles. The first-order valence-electron chi connectivity index (χ1n) is 11.2. The fourth-order valence-electron chi connectivity index (χ4n) is 4.95. The molecule has 2 heterocycles. The summed E-state index contributed by atoms with van der Waals surface area (Å²) in [7, 11) is 0. The Morgan fingerprint density at radius 3 is 1.96 bits per heavy atom. The highest BCUT2D eigenvalue weighted by molar-refractivity contribution is 5.93. The number of nitrogens with zero attached hydrogens (tertiary/aromatic N) is 2. The SMILES string of the molecule is O=C(Nc1ccc(N2CCCCC2)cc1)C1CCC(C(=O)N2CCCC2)CC1. The number of benzene rings is 1. The molecule has 5 nitrogen and oxygen atoms in total. The van der Waals surface area contributed by atoms with Crippen LogP contribution in [0.2, 0.25) is 0 Å². The third kappa shape index (κ3) is 4.50. The van der Waals surface area contributed by atoms with Crippen molar-refractivity contribution in [3.8, 4) is 0 Å². The van der Waals surface area contributed by atoms with E-state index >= 15 is 0 Å². The van der Waals surface area contributed by atoms with Gasteiger partial charge in [-0.2, -0.15) is 0 Å². The monoisotopic (exact) mass is 383 g/mol. The fraction of sp³-hybridized carbons (Fsp3) is 0.652. The summed E-state index contributed by atoms with van der Waals surface area (Å²) in [6.45, 7) is 4.11. The van der Waals surface area contributed by atoms with E-state index in [1.54, 1.807) is 0 Å². The molecule has 152 valence electrons. The number of piperidine rings is 1.